The summed E-state index contributed by atoms with van der Waals surface area (Å²) in [6, 6.07) is 3.72. The van der Waals surface area contributed by atoms with Gasteiger partial charge in [0.25, 0.3) is 5.91 Å². The number of halogens is 1. The van der Waals surface area contributed by atoms with E-state index >= 15 is 0 Å². The molecule has 5 nitrogen and oxygen atoms in total. The van der Waals surface area contributed by atoms with Crippen LogP contribution in [0.3, 0.4) is 0 Å². The molecule has 0 bridgehead atoms. The third-order valence-corrected chi connectivity index (χ3v) is 3.51. The average Bonchev–Trinajstić information content (AvgIpc) is 2.47. The van der Waals surface area contributed by atoms with Crippen LogP contribution in [0, 0.1) is 5.82 Å². The summed E-state index contributed by atoms with van der Waals surface area (Å²) in [5.41, 5.74) is 5.43. The lowest BCUT2D eigenvalue weighted by molar-refractivity contribution is -0.140. The predicted molar refractivity (Wildman–Crippen MR) is 76.1 cm³/mol. The molecule has 21 heavy (non-hydrogen) atoms. The van der Waals surface area contributed by atoms with E-state index in [0.717, 1.165) is 25.3 Å². The number of carbonyl (C=O) groups is 2. The van der Waals surface area contributed by atoms with Crippen LogP contribution < -0.4 is 5.73 Å². The SMILES string of the molecule is CC(OC(=O)c1ccc(N)cc1F)C(=O)N1CCCCC1. The van der Waals surface area contributed by atoms with Gasteiger partial charge in [0.05, 0.1) is 5.56 Å². The van der Waals surface area contributed by atoms with E-state index in [0.29, 0.717) is 13.1 Å². The van der Waals surface area contributed by atoms with E-state index in [-0.39, 0.29) is 17.2 Å². The number of piperidine rings is 1. The molecule has 1 unspecified atom stereocenters. The maximum atomic E-state index is 13.6. The van der Waals surface area contributed by atoms with Crippen molar-refractivity contribution in [3.63, 3.8) is 0 Å². The van der Waals surface area contributed by atoms with Crippen molar-refractivity contribution in [2.75, 3.05) is 18.8 Å². The second-order valence-electron chi connectivity index (χ2n) is 5.17. The number of hydrogen-bond donors (Lipinski definition) is 1. The summed E-state index contributed by atoms with van der Waals surface area (Å²) in [5.74, 6) is -1.85. The van der Waals surface area contributed by atoms with Gasteiger partial charge in [0.1, 0.15) is 5.82 Å². The van der Waals surface area contributed by atoms with Gasteiger partial charge in [-0.25, -0.2) is 9.18 Å². The zero-order valence-electron chi connectivity index (χ0n) is 12.0. The normalized spacial score (nSPS) is 16.4. The molecule has 0 radical (unpaired) electrons. The number of esters is 1. The van der Waals surface area contributed by atoms with E-state index in [1.54, 1.807) is 4.90 Å². The smallest absolute Gasteiger partial charge is 0.341 e. The van der Waals surface area contributed by atoms with E-state index in [1.165, 1.54) is 19.1 Å². The summed E-state index contributed by atoms with van der Waals surface area (Å²) in [4.78, 5) is 25.7. The molecule has 2 N–H and O–H groups in total. The van der Waals surface area contributed by atoms with Gasteiger partial charge in [0.2, 0.25) is 0 Å². The lowest BCUT2D eigenvalue weighted by Crippen LogP contribution is -2.42. The molecule has 0 aliphatic carbocycles. The van der Waals surface area contributed by atoms with Gasteiger partial charge in [-0.2, -0.15) is 0 Å². The topological polar surface area (TPSA) is 72.6 Å². The zero-order valence-corrected chi connectivity index (χ0v) is 12.0. The van der Waals surface area contributed by atoms with Crippen LogP contribution in [0.15, 0.2) is 18.2 Å². The fraction of sp³-hybridized carbons (Fsp3) is 0.467. The van der Waals surface area contributed by atoms with Crippen molar-refractivity contribution in [2.24, 2.45) is 0 Å². The summed E-state index contributed by atoms with van der Waals surface area (Å²) in [5, 5.41) is 0. The lowest BCUT2D eigenvalue weighted by Gasteiger charge is -2.28. The van der Waals surface area contributed by atoms with Gasteiger partial charge in [-0.3, -0.25) is 4.79 Å². The minimum atomic E-state index is -0.924. The molecule has 1 atom stereocenters. The Bertz CT molecular complexity index is 542. The van der Waals surface area contributed by atoms with Crippen LogP contribution in [0.2, 0.25) is 0 Å². The summed E-state index contributed by atoms with van der Waals surface area (Å²) in [6.45, 7) is 2.86. The van der Waals surface area contributed by atoms with Crippen molar-refractivity contribution < 1.29 is 18.7 Å². The first-order valence-corrected chi connectivity index (χ1v) is 7.04. The number of likely N-dealkylation sites (tertiary alicyclic amines) is 1. The Kier molecular flexibility index (Phi) is 4.77. The Morgan fingerprint density at radius 3 is 2.57 bits per heavy atom. The van der Waals surface area contributed by atoms with Crippen LogP contribution in [0.25, 0.3) is 0 Å². The van der Waals surface area contributed by atoms with Crippen LogP contribution in [0.4, 0.5) is 10.1 Å². The second kappa shape index (κ2) is 6.56. The Morgan fingerprint density at radius 2 is 1.95 bits per heavy atom. The van der Waals surface area contributed by atoms with Crippen LogP contribution >= 0.6 is 0 Å². The number of nitrogens with zero attached hydrogens (tertiary/aromatic N) is 1. The third-order valence-electron chi connectivity index (χ3n) is 3.51. The number of carbonyl (C=O) groups excluding carboxylic acids is 2. The highest BCUT2D eigenvalue weighted by Gasteiger charge is 2.26. The summed E-state index contributed by atoms with van der Waals surface area (Å²) < 4.78 is 18.7. The molecular weight excluding hydrogens is 275 g/mol. The van der Waals surface area contributed by atoms with Crippen LogP contribution in [0.5, 0.6) is 0 Å². The molecule has 1 aliphatic heterocycles. The first-order valence-electron chi connectivity index (χ1n) is 7.04. The Labute approximate surface area is 122 Å². The molecule has 1 fully saturated rings. The van der Waals surface area contributed by atoms with E-state index in [1.807, 2.05) is 0 Å². The predicted octanol–water partition coefficient (Wildman–Crippen LogP) is 1.97. The fourth-order valence-corrected chi connectivity index (χ4v) is 2.34. The molecular formula is C15H19FN2O3. The van der Waals surface area contributed by atoms with Crippen LogP contribution in [-0.4, -0.2) is 36.0 Å². The standard InChI is InChI=1S/C15H19FN2O3/c1-10(14(19)18-7-3-2-4-8-18)21-15(20)12-6-5-11(17)9-13(12)16/h5-6,9-10H,2-4,7-8,17H2,1H3. The maximum absolute atomic E-state index is 13.6. The van der Waals surface area contributed by atoms with Crippen molar-refractivity contribution in [1.82, 2.24) is 4.90 Å². The molecule has 114 valence electrons. The fourth-order valence-electron chi connectivity index (χ4n) is 2.34. The molecule has 0 aromatic heterocycles. The van der Waals surface area contributed by atoms with Crippen molar-refractivity contribution >= 4 is 17.6 Å². The number of nitrogen functional groups attached to an aromatic ring is 1. The van der Waals surface area contributed by atoms with Gasteiger partial charge in [-0.05, 0) is 44.4 Å². The third kappa shape index (κ3) is 3.71. The van der Waals surface area contributed by atoms with Gasteiger partial charge < -0.3 is 15.4 Å². The summed E-state index contributed by atoms with van der Waals surface area (Å²) in [7, 11) is 0. The molecule has 1 aromatic rings. The van der Waals surface area contributed by atoms with Gasteiger partial charge in [0, 0.05) is 18.8 Å². The van der Waals surface area contributed by atoms with Crippen molar-refractivity contribution in [2.45, 2.75) is 32.3 Å². The zero-order chi connectivity index (χ0) is 15.4. The largest absolute Gasteiger partial charge is 0.449 e. The van der Waals surface area contributed by atoms with Gasteiger partial charge in [-0.15, -0.1) is 0 Å². The highest BCUT2D eigenvalue weighted by Crippen LogP contribution is 2.15. The molecule has 2 rings (SSSR count). The summed E-state index contributed by atoms with van der Waals surface area (Å²) in [6.07, 6.45) is 2.10. The van der Waals surface area contributed by atoms with E-state index in [9.17, 15) is 14.0 Å². The number of benzene rings is 1. The van der Waals surface area contributed by atoms with Crippen molar-refractivity contribution in [3.05, 3.63) is 29.6 Å². The monoisotopic (exact) mass is 294 g/mol. The van der Waals surface area contributed by atoms with E-state index in [4.69, 9.17) is 10.5 Å². The van der Waals surface area contributed by atoms with Crippen molar-refractivity contribution in [1.29, 1.82) is 0 Å². The quantitative estimate of drug-likeness (QED) is 0.683. The molecule has 0 spiro atoms. The van der Waals surface area contributed by atoms with E-state index < -0.39 is 17.9 Å². The Hall–Kier alpha value is -2.11. The molecule has 0 saturated carbocycles. The van der Waals surface area contributed by atoms with Crippen LogP contribution in [-0.2, 0) is 9.53 Å². The molecule has 6 heteroatoms. The molecule has 1 aliphatic rings. The Balaban J connectivity index is 1.99. The maximum Gasteiger partial charge on any atom is 0.341 e. The molecule has 1 amide bonds. The highest BCUT2D eigenvalue weighted by atomic mass is 19.1. The minimum absolute atomic E-state index is 0.220. The van der Waals surface area contributed by atoms with Gasteiger partial charge >= 0.3 is 5.97 Å². The van der Waals surface area contributed by atoms with Gasteiger partial charge in [-0.1, -0.05) is 0 Å². The number of rotatable bonds is 3. The highest BCUT2D eigenvalue weighted by molar-refractivity contribution is 5.92. The molecule has 1 saturated heterocycles. The second-order valence-corrected chi connectivity index (χ2v) is 5.17. The first-order chi connectivity index (χ1) is 9.99. The summed E-state index contributed by atoms with van der Waals surface area (Å²) >= 11 is 0. The number of hydrogen-bond acceptors (Lipinski definition) is 4. The minimum Gasteiger partial charge on any atom is -0.449 e. The van der Waals surface area contributed by atoms with Gasteiger partial charge in [0.15, 0.2) is 6.10 Å². The average molecular weight is 294 g/mol. The number of anilines is 1. The number of ether oxygens (including phenoxy) is 1. The van der Waals surface area contributed by atoms with E-state index in [2.05, 4.69) is 0 Å². The lowest BCUT2D eigenvalue weighted by atomic mass is 10.1. The first kappa shape index (κ1) is 15.3. The number of nitrogens with two attached hydrogens (primary N) is 1. The molecule has 1 heterocycles. The molecule has 1 aromatic carbocycles. The van der Waals surface area contributed by atoms with Crippen LogP contribution in [0.1, 0.15) is 36.5 Å². The Morgan fingerprint density at radius 1 is 1.29 bits per heavy atom. The number of amides is 1. The van der Waals surface area contributed by atoms with Crippen molar-refractivity contribution in [3.8, 4) is 0 Å².